The molecule has 0 aliphatic rings. The molecular weight excluding hydrogens is 376 g/mol. The molecule has 2 rings (SSSR count). The Bertz CT molecular complexity index is 986. The van der Waals surface area contributed by atoms with Crippen molar-refractivity contribution < 1.29 is 0 Å². The van der Waals surface area contributed by atoms with E-state index in [1.807, 2.05) is 24.3 Å². The predicted molar refractivity (Wildman–Crippen MR) is 116 cm³/mol. The van der Waals surface area contributed by atoms with Gasteiger partial charge in [-0.15, -0.1) is 0 Å². The fourth-order valence-corrected chi connectivity index (χ4v) is 11.9. The van der Waals surface area contributed by atoms with Gasteiger partial charge in [0.1, 0.15) is 24.3 Å². The summed E-state index contributed by atoms with van der Waals surface area (Å²) in [5.74, 6) is 0. The lowest BCUT2D eigenvalue weighted by atomic mass is 10.1. The van der Waals surface area contributed by atoms with Crippen molar-refractivity contribution in [1.29, 1.82) is 21.0 Å². The third kappa shape index (κ3) is 4.05. The van der Waals surface area contributed by atoms with Crippen molar-refractivity contribution in [2.45, 2.75) is 38.3 Å². The Morgan fingerprint density at radius 1 is 0.607 bits per heavy atom. The highest BCUT2D eigenvalue weighted by Crippen LogP contribution is 2.24. The quantitative estimate of drug-likeness (QED) is 0.717. The maximum atomic E-state index is 9.59. The van der Waals surface area contributed by atoms with Crippen molar-refractivity contribution in [2.75, 3.05) is 0 Å². The Balaban J connectivity index is 2.39. The van der Waals surface area contributed by atoms with Crippen LogP contribution in [-0.2, 0) is 0 Å². The summed E-state index contributed by atoms with van der Waals surface area (Å²) in [6, 6.07) is 21.7. The maximum Gasteiger partial charge on any atom is 0.101 e. The van der Waals surface area contributed by atoms with Crippen LogP contribution in [0.15, 0.2) is 36.4 Å². The van der Waals surface area contributed by atoms with Gasteiger partial charge in [0.25, 0.3) is 0 Å². The highest BCUT2D eigenvalue weighted by molar-refractivity contribution is 6.94. The summed E-state index contributed by atoms with van der Waals surface area (Å²) >= 11 is 0. The Kier molecular flexibility index (Phi) is 6.22. The summed E-state index contributed by atoms with van der Waals surface area (Å²) in [4.78, 5) is 0. The molecule has 138 valence electrons. The fourth-order valence-electron chi connectivity index (χ4n) is 3.55. The SMILES string of the molecule is C[Si](C)(CC[Si](C)(C)c1cccc(C#N)c1C#N)c1cccc(C#N)c1C#N. The number of nitriles is 4. The number of benzene rings is 2. The molecule has 0 atom stereocenters. The van der Waals surface area contributed by atoms with E-state index in [9.17, 15) is 21.0 Å². The van der Waals surface area contributed by atoms with Gasteiger partial charge in [0.15, 0.2) is 0 Å². The van der Waals surface area contributed by atoms with E-state index in [1.165, 1.54) is 0 Å². The molecule has 0 saturated carbocycles. The van der Waals surface area contributed by atoms with E-state index in [2.05, 4.69) is 50.5 Å². The molecule has 4 nitrogen and oxygen atoms in total. The highest BCUT2D eigenvalue weighted by Gasteiger charge is 2.33. The average molecular weight is 399 g/mol. The van der Waals surface area contributed by atoms with Crippen LogP contribution in [0, 0.1) is 45.3 Å². The fraction of sp³-hybridized carbons (Fsp3) is 0.273. The molecule has 0 aromatic heterocycles. The minimum Gasteiger partial charge on any atom is -0.192 e. The van der Waals surface area contributed by atoms with E-state index < -0.39 is 16.1 Å². The van der Waals surface area contributed by atoms with E-state index in [-0.39, 0.29) is 0 Å². The molecule has 2 aromatic carbocycles. The molecule has 0 fully saturated rings. The second-order valence-corrected chi connectivity index (χ2v) is 17.8. The van der Waals surface area contributed by atoms with Crippen LogP contribution in [-0.4, -0.2) is 16.1 Å². The maximum absolute atomic E-state index is 9.59. The second-order valence-electron chi connectivity index (χ2n) is 8.17. The van der Waals surface area contributed by atoms with Crippen LogP contribution < -0.4 is 10.4 Å². The molecule has 0 unspecified atom stereocenters. The standard InChI is InChI=1S/C22H22N4Si2/c1-27(2,21-9-5-7-17(13-23)19(21)15-25)11-12-28(3,4)22-10-6-8-18(14-24)20(22)16-26/h5-10H,11-12H2,1-4H3. The van der Waals surface area contributed by atoms with Gasteiger partial charge < -0.3 is 0 Å². The summed E-state index contributed by atoms with van der Waals surface area (Å²) in [6.07, 6.45) is 0. The van der Waals surface area contributed by atoms with Crippen molar-refractivity contribution in [3.63, 3.8) is 0 Å². The number of rotatable bonds is 5. The molecule has 0 N–H and O–H groups in total. The zero-order valence-electron chi connectivity index (χ0n) is 16.7. The number of hydrogen-bond donors (Lipinski definition) is 0. The third-order valence-electron chi connectivity index (χ3n) is 5.43. The summed E-state index contributed by atoms with van der Waals surface area (Å²) in [5.41, 5.74) is 1.88. The van der Waals surface area contributed by atoms with Crippen LogP contribution in [0.5, 0.6) is 0 Å². The lowest BCUT2D eigenvalue weighted by Gasteiger charge is -2.30. The minimum absolute atomic E-state index is 0.436. The first kappa shape index (κ1) is 21.1. The molecule has 0 amide bonds. The zero-order chi connectivity index (χ0) is 20.9. The zero-order valence-corrected chi connectivity index (χ0v) is 18.7. The monoisotopic (exact) mass is 398 g/mol. The normalized spacial score (nSPS) is 11.0. The van der Waals surface area contributed by atoms with E-state index in [4.69, 9.17) is 0 Å². The van der Waals surface area contributed by atoms with Crippen LogP contribution in [0.1, 0.15) is 22.3 Å². The van der Waals surface area contributed by atoms with Gasteiger partial charge in [-0.25, -0.2) is 0 Å². The van der Waals surface area contributed by atoms with Gasteiger partial charge in [-0.3, -0.25) is 0 Å². The van der Waals surface area contributed by atoms with Crippen LogP contribution >= 0.6 is 0 Å². The molecule has 6 heteroatoms. The van der Waals surface area contributed by atoms with Crippen LogP contribution in [0.3, 0.4) is 0 Å². The van der Waals surface area contributed by atoms with E-state index in [1.54, 1.807) is 12.1 Å². The molecule has 2 aromatic rings. The van der Waals surface area contributed by atoms with Crippen molar-refractivity contribution in [3.8, 4) is 24.3 Å². The summed E-state index contributed by atoms with van der Waals surface area (Å²) in [5, 5.41) is 39.9. The Labute approximate surface area is 168 Å². The minimum atomic E-state index is -1.97. The van der Waals surface area contributed by atoms with E-state index in [0.29, 0.717) is 22.3 Å². The molecule has 0 spiro atoms. The predicted octanol–water partition coefficient (Wildman–Crippen LogP) is 3.70. The number of nitrogens with zero attached hydrogens (tertiary/aromatic N) is 4. The molecule has 0 aliphatic carbocycles. The molecule has 0 heterocycles. The molecule has 0 saturated heterocycles. The van der Waals surface area contributed by atoms with E-state index in [0.717, 1.165) is 22.5 Å². The van der Waals surface area contributed by atoms with Gasteiger partial charge in [0.05, 0.1) is 38.4 Å². The molecule has 0 bridgehead atoms. The smallest absolute Gasteiger partial charge is 0.101 e. The van der Waals surface area contributed by atoms with Gasteiger partial charge in [-0.2, -0.15) is 21.0 Å². The average Bonchev–Trinajstić information content (AvgIpc) is 2.70. The van der Waals surface area contributed by atoms with Crippen LogP contribution in [0.4, 0.5) is 0 Å². The first-order chi connectivity index (χ1) is 13.2. The summed E-state index contributed by atoms with van der Waals surface area (Å²) < 4.78 is 0. The van der Waals surface area contributed by atoms with Crippen molar-refractivity contribution in [2.24, 2.45) is 0 Å². The Hall–Kier alpha value is -3.17. The largest absolute Gasteiger partial charge is 0.192 e. The molecule has 0 aliphatic heterocycles. The summed E-state index contributed by atoms with van der Waals surface area (Å²) in [7, 11) is -3.94. The van der Waals surface area contributed by atoms with Gasteiger partial charge in [-0.05, 0) is 22.5 Å². The second kappa shape index (κ2) is 8.24. The lowest BCUT2D eigenvalue weighted by molar-refractivity contribution is 1.29. The van der Waals surface area contributed by atoms with E-state index >= 15 is 0 Å². The van der Waals surface area contributed by atoms with Gasteiger partial charge in [0.2, 0.25) is 0 Å². The van der Waals surface area contributed by atoms with Crippen molar-refractivity contribution in [3.05, 3.63) is 58.7 Å². The Morgan fingerprint density at radius 3 is 1.25 bits per heavy atom. The van der Waals surface area contributed by atoms with Crippen molar-refractivity contribution >= 4 is 26.5 Å². The first-order valence-electron chi connectivity index (χ1n) is 9.09. The van der Waals surface area contributed by atoms with Gasteiger partial charge in [-0.1, -0.05) is 62.5 Å². The molecule has 28 heavy (non-hydrogen) atoms. The third-order valence-corrected chi connectivity index (χ3v) is 12.7. The van der Waals surface area contributed by atoms with Crippen LogP contribution in [0.2, 0.25) is 38.3 Å². The first-order valence-corrected chi connectivity index (χ1v) is 15.5. The van der Waals surface area contributed by atoms with Crippen LogP contribution in [0.25, 0.3) is 0 Å². The van der Waals surface area contributed by atoms with Crippen molar-refractivity contribution in [1.82, 2.24) is 0 Å². The number of hydrogen-bond acceptors (Lipinski definition) is 4. The van der Waals surface area contributed by atoms with Gasteiger partial charge >= 0.3 is 0 Å². The highest BCUT2D eigenvalue weighted by atomic mass is 28.3. The lowest BCUT2D eigenvalue weighted by Crippen LogP contribution is -2.48. The summed E-state index contributed by atoms with van der Waals surface area (Å²) in [6.45, 7) is 8.91. The Morgan fingerprint density at radius 2 is 0.964 bits per heavy atom. The van der Waals surface area contributed by atoms with Gasteiger partial charge in [0, 0.05) is 0 Å². The molecule has 0 radical (unpaired) electrons. The topological polar surface area (TPSA) is 95.2 Å². The molecular formula is C22H22N4Si2.